The van der Waals surface area contributed by atoms with Crippen molar-refractivity contribution in [1.82, 2.24) is 14.7 Å². The van der Waals surface area contributed by atoms with Crippen molar-refractivity contribution in [2.24, 2.45) is 0 Å². The lowest BCUT2D eigenvalue weighted by atomic mass is 10.1. The molecule has 0 spiro atoms. The van der Waals surface area contributed by atoms with Gasteiger partial charge < -0.3 is 4.90 Å². The van der Waals surface area contributed by atoms with Gasteiger partial charge in [-0.1, -0.05) is 58.1 Å². The summed E-state index contributed by atoms with van der Waals surface area (Å²) in [4.78, 5) is 7.04. The molecular weight excluding hydrogens is 320 g/mol. The first-order chi connectivity index (χ1) is 12.8. The second kappa shape index (κ2) is 13.0. The van der Waals surface area contributed by atoms with Gasteiger partial charge in [-0.3, -0.25) is 9.48 Å². The lowest BCUT2D eigenvalue weighted by Crippen LogP contribution is -2.23. The Morgan fingerprint density at radius 2 is 1.42 bits per heavy atom. The highest BCUT2D eigenvalue weighted by molar-refractivity contribution is 5.51. The molecule has 4 nitrogen and oxygen atoms in total. The van der Waals surface area contributed by atoms with Gasteiger partial charge in [-0.05, 0) is 32.0 Å². The van der Waals surface area contributed by atoms with Crippen LogP contribution in [-0.4, -0.2) is 71.6 Å². The van der Waals surface area contributed by atoms with Gasteiger partial charge in [-0.15, -0.1) is 0 Å². The minimum atomic E-state index is 1.09. The van der Waals surface area contributed by atoms with E-state index in [9.17, 15) is 0 Å². The standard InChI is InChI=1S/C22H41N4/c1-3-23-17-19-25(21-23)15-13-11-9-7-5-6-8-10-12-14-16-26-20-18-24(4-2)22-26/h3-4,21H,1-2,5-20,22H2/q+1. The van der Waals surface area contributed by atoms with Crippen molar-refractivity contribution in [2.75, 3.05) is 45.9 Å². The minimum absolute atomic E-state index is 1.09. The van der Waals surface area contributed by atoms with E-state index in [1.54, 1.807) is 0 Å². The first-order valence-electron chi connectivity index (χ1n) is 10.9. The predicted molar refractivity (Wildman–Crippen MR) is 112 cm³/mol. The molecule has 26 heavy (non-hydrogen) atoms. The average Bonchev–Trinajstić information content (AvgIpc) is 3.31. The molecule has 0 N–H and O–H groups in total. The molecular formula is C22H41N4+. The smallest absolute Gasteiger partial charge is 0.239 e. The maximum Gasteiger partial charge on any atom is 0.239 e. The summed E-state index contributed by atoms with van der Waals surface area (Å²) in [5, 5.41) is 0. The number of hydrogen-bond donors (Lipinski definition) is 0. The SMILES string of the molecule is C=CN1C=[N+](CCCCCCCCCCCCN2CCN(C=C)C2)CC1. The second-order valence-corrected chi connectivity index (χ2v) is 7.86. The Balaban J connectivity index is 1.29. The predicted octanol–water partition coefficient (Wildman–Crippen LogP) is 4.11. The van der Waals surface area contributed by atoms with E-state index in [1.165, 1.54) is 83.8 Å². The molecule has 0 aliphatic carbocycles. The Bertz CT molecular complexity index is 432. The van der Waals surface area contributed by atoms with Crippen molar-refractivity contribution in [3.8, 4) is 0 Å². The third-order valence-electron chi connectivity index (χ3n) is 5.70. The molecule has 0 saturated carbocycles. The van der Waals surface area contributed by atoms with E-state index in [1.807, 2.05) is 12.4 Å². The molecule has 0 aromatic rings. The monoisotopic (exact) mass is 361 g/mol. The van der Waals surface area contributed by atoms with E-state index >= 15 is 0 Å². The maximum absolute atomic E-state index is 3.85. The molecule has 0 aromatic heterocycles. The normalized spacial score (nSPS) is 17.8. The Morgan fingerprint density at radius 1 is 0.769 bits per heavy atom. The van der Waals surface area contributed by atoms with Gasteiger partial charge in [-0.2, -0.15) is 0 Å². The average molecular weight is 362 g/mol. The molecule has 4 heteroatoms. The van der Waals surface area contributed by atoms with Gasteiger partial charge >= 0.3 is 0 Å². The van der Waals surface area contributed by atoms with Crippen LogP contribution in [0.4, 0.5) is 0 Å². The molecule has 0 atom stereocenters. The second-order valence-electron chi connectivity index (χ2n) is 7.86. The maximum atomic E-state index is 3.85. The van der Waals surface area contributed by atoms with Crippen LogP contribution in [0, 0.1) is 0 Å². The molecule has 2 heterocycles. The zero-order valence-corrected chi connectivity index (χ0v) is 17.0. The molecule has 0 amide bonds. The first kappa shape index (κ1) is 21.0. The molecule has 2 aliphatic heterocycles. The van der Waals surface area contributed by atoms with Crippen molar-refractivity contribution in [1.29, 1.82) is 0 Å². The third-order valence-corrected chi connectivity index (χ3v) is 5.70. The van der Waals surface area contributed by atoms with Gasteiger partial charge in [-0.25, -0.2) is 4.90 Å². The first-order valence-corrected chi connectivity index (χ1v) is 10.9. The summed E-state index contributed by atoms with van der Waals surface area (Å²) in [6, 6.07) is 0. The van der Waals surface area contributed by atoms with Crippen LogP contribution in [0.5, 0.6) is 0 Å². The van der Waals surface area contributed by atoms with E-state index in [0.29, 0.717) is 0 Å². The van der Waals surface area contributed by atoms with Crippen molar-refractivity contribution < 1.29 is 4.58 Å². The molecule has 2 aliphatic rings. The van der Waals surface area contributed by atoms with Crippen LogP contribution in [0.25, 0.3) is 0 Å². The summed E-state index contributed by atoms with van der Waals surface area (Å²) in [5.41, 5.74) is 0. The number of hydrogen-bond acceptors (Lipinski definition) is 3. The summed E-state index contributed by atoms with van der Waals surface area (Å²) in [7, 11) is 0. The van der Waals surface area contributed by atoms with E-state index in [0.717, 1.165) is 26.3 Å². The molecule has 0 unspecified atom stereocenters. The van der Waals surface area contributed by atoms with Crippen LogP contribution in [0.3, 0.4) is 0 Å². The highest BCUT2D eigenvalue weighted by atomic mass is 15.4. The van der Waals surface area contributed by atoms with Crippen LogP contribution in [0.2, 0.25) is 0 Å². The minimum Gasteiger partial charge on any atom is -0.364 e. The van der Waals surface area contributed by atoms with Gasteiger partial charge in [0.2, 0.25) is 6.34 Å². The molecule has 148 valence electrons. The van der Waals surface area contributed by atoms with E-state index in [4.69, 9.17) is 0 Å². The topological polar surface area (TPSA) is 12.7 Å². The lowest BCUT2D eigenvalue weighted by Gasteiger charge is -2.15. The fourth-order valence-electron chi connectivity index (χ4n) is 3.94. The Morgan fingerprint density at radius 3 is 2.00 bits per heavy atom. The zero-order valence-electron chi connectivity index (χ0n) is 17.0. The lowest BCUT2D eigenvalue weighted by molar-refractivity contribution is -0.514. The molecule has 0 radical (unpaired) electrons. The number of rotatable bonds is 15. The molecule has 1 fully saturated rings. The van der Waals surface area contributed by atoms with Crippen LogP contribution in [-0.2, 0) is 0 Å². The Kier molecular flexibility index (Phi) is 10.5. The number of unbranched alkanes of at least 4 members (excludes halogenated alkanes) is 9. The fraction of sp³-hybridized carbons (Fsp3) is 0.773. The molecule has 1 saturated heterocycles. The fourth-order valence-corrected chi connectivity index (χ4v) is 3.94. The van der Waals surface area contributed by atoms with E-state index in [-0.39, 0.29) is 0 Å². The Hall–Kier alpha value is -1.29. The van der Waals surface area contributed by atoms with Crippen LogP contribution in [0.15, 0.2) is 25.6 Å². The summed E-state index contributed by atoms with van der Waals surface area (Å²) in [5.74, 6) is 0. The van der Waals surface area contributed by atoms with E-state index < -0.39 is 0 Å². The van der Waals surface area contributed by atoms with Crippen LogP contribution in [0.1, 0.15) is 64.2 Å². The summed E-state index contributed by atoms with van der Waals surface area (Å²) >= 11 is 0. The summed E-state index contributed by atoms with van der Waals surface area (Å²) in [6.07, 6.45) is 20.1. The van der Waals surface area contributed by atoms with Crippen LogP contribution >= 0.6 is 0 Å². The van der Waals surface area contributed by atoms with Crippen LogP contribution < -0.4 is 0 Å². The largest absolute Gasteiger partial charge is 0.364 e. The highest BCUT2D eigenvalue weighted by Crippen LogP contribution is 2.12. The van der Waals surface area contributed by atoms with Crippen molar-refractivity contribution in [2.45, 2.75) is 64.2 Å². The van der Waals surface area contributed by atoms with Gasteiger partial charge in [0, 0.05) is 13.1 Å². The molecule has 0 aromatic carbocycles. The van der Waals surface area contributed by atoms with Crippen molar-refractivity contribution in [3.05, 3.63) is 25.6 Å². The molecule has 0 bridgehead atoms. The van der Waals surface area contributed by atoms with Crippen molar-refractivity contribution >= 4 is 6.34 Å². The zero-order chi connectivity index (χ0) is 18.5. The van der Waals surface area contributed by atoms with E-state index in [2.05, 4.69) is 38.8 Å². The van der Waals surface area contributed by atoms with Gasteiger partial charge in [0.15, 0.2) is 0 Å². The summed E-state index contributed by atoms with van der Waals surface area (Å²) < 4.78 is 2.43. The molecule has 2 rings (SSSR count). The number of nitrogens with zero attached hydrogens (tertiary/aromatic N) is 4. The summed E-state index contributed by atoms with van der Waals surface area (Å²) in [6.45, 7) is 15.9. The third kappa shape index (κ3) is 8.39. The quantitative estimate of drug-likeness (QED) is 0.322. The highest BCUT2D eigenvalue weighted by Gasteiger charge is 2.16. The van der Waals surface area contributed by atoms with Gasteiger partial charge in [0.25, 0.3) is 0 Å². The Labute approximate surface area is 161 Å². The van der Waals surface area contributed by atoms with Gasteiger partial charge in [0.05, 0.1) is 19.4 Å². The van der Waals surface area contributed by atoms with Gasteiger partial charge in [0.1, 0.15) is 13.1 Å². The van der Waals surface area contributed by atoms with Crippen molar-refractivity contribution in [3.63, 3.8) is 0 Å².